The second-order valence-corrected chi connectivity index (χ2v) is 7.92. The highest BCUT2D eigenvalue weighted by Gasteiger charge is 2.09. The maximum Gasteiger partial charge on any atom is 0.343 e. The molecule has 0 aromatic heterocycles. The van der Waals surface area contributed by atoms with Crippen LogP contribution in [-0.4, -0.2) is 18.8 Å². The summed E-state index contributed by atoms with van der Waals surface area (Å²) in [4.78, 5) is 16.8. The van der Waals surface area contributed by atoms with E-state index in [1.165, 1.54) is 25.7 Å². The molecule has 0 aliphatic carbocycles. The first-order valence-corrected chi connectivity index (χ1v) is 11.4. The molecule has 0 amide bonds. The van der Waals surface area contributed by atoms with E-state index in [0.29, 0.717) is 22.9 Å². The van der Waals surface area contributed by atoms with E-state index < -0.39 is 5.97 Å². The largest absolute Gasteiger partial charge is 0.494 e. The minimum atomic E-state index is -0.406. The molecule has 166 valence electrons. The van der Waals surface area contributed by atoms with Crippen LogP contribution >= 0.6 is 11.6 Å². The molecule has 0 aliphatic rings. The van der Waals surface area contributed by atoms with Gasteiger partial charge in [0.15, 0.2) is 0 Å². The van der Waals surface area contributed by atoms with Gasteiger partial charge >= 0.3 is 5.97 Å². The molecule has 0 atom stereocenters. The molecule has 3 aromatic rings. The van der Waals surface area contributed by atoms with Gasteiger partial charge in [-0.3, -0.25) is 4.99 Å². The predicted octanol–water partition coefficient (Wildman–Crippen LogP) is 7.66. The van der Waals surface area contributed by atoms with Gasteiger partial charge in [-0.05, 0) is 78.7 Å². The Balaban J connectivity index is 1.47. The fraction of sp³-hybridized carbons (Fsp3) is 0.259. The van der Waals surface area contributed by atoms with Crippen LogP contribution in [0.2, 0.25) is 5.02 Å². The van der Waals surface area contributed by atoms with Crippen molar-refractivity contribution in [1.82, 2.24) is 0 Å². The number of nitrogens with zero attached hydrogens (tertiary/aromatic N) is 1. The van der Waals surface area contributed by atoms with Crippen molar-refractivity contribution in [1.29, 1.82) is 0 Å². The van der Waals surface area contributed by atoms with Crippen LogP contribution in [0.1, 0.15) is 54.9 Å². The molecule has 0 saturated heterocycles. The zero-order chi connectivity index (χ0) is 22.6. The average molecular weight is 450 g/mol. The first kappa shape index (κ1) is 23.6. The number of halogens is 1. The molecule has 5 heteroatoms. The first-order valence-electron chi connectivity index (χ1n) is 11.0. The molecule has 0 radical (unpaired) electrons. The van der Waals surface area contributed by atoms with E-state index in [1.807, 2.05) is 24.3 Å². The van der Waals surface area contributed by atoms with Crippen LogP contribution in [0.25, 0.3) is 0 Å². The molecule has 0 bridgehead atoms. The summed E-state index contributed by atoms with van der Waals surface area (Å²) in [5.41, 5.74) is 2.14. The monoisotopic (exact) mass is 449 g/mol. The molecule has 0 aliphatic heterocycles. The number of aliphatic imine (C=N–C) groups is 1. The smallest absolute Gasteiger partial charge is 0.343 e. The molecule has 0 heterocycles. The van der Waals surface area contributed by atoms with Gasteiger partial charge in [0.2, 0.25) is 0 Å². The minimum Gasteiger partial charge on any atom is -0.494 e. The van der Waals surface area contributed by atoms with Crippen LogP contribution in [0.5, 0.6) is 11.5 Å². The Kier molecular flexibility index (Phi) is 9.33. The zero-order valence-electron chi connectivity index (χ0n) is 18.3. The number of rotatable bonds is 11. The Morgan fingerprint density at radius 1 is 0.906 bits per heavy atom. The summed E-state index contributed by atoms with van der Waals surface area (Å²) in [7, 11) is 0. The number of benzene rings is 3. The Hall–Kier alpha value is -3.11. The molecule has 0 N–H and O–H groups in total. The van der Waals surface area contributed by atoms with Crippen molar-refractivity contribution in [2.75, 3.05) is 6.61 Å². The fourth-order valence-corrected chi connectivity index (χ4v) is 3.26. The summed E-state index contributed by atoms with van der Waals surface area (Å²) in [6.45, 7) is 2.90. The van der Waals surface area contributed by atoms with E-state index >= 15 is 0 Å². The maximum absolute atomic E-state index is 12.4. The van der Waals surface area contributed by atoms with Gasteiger partial charge in [-0.1, -0.05) is 50.3 Å². The topological polar surface area (TPSA) is 47.9 Å². The van der Waals surface area contributed by atoms with Crippen LogP contribution in [0, 0.1) is 0 Å². The van der Waals surface area contributed by atoms with Crippen molar-refractivity contribution >= 4 is 29.5 Å². The lowest BCUT2D eigenvalue weighted by molar-refractivity contribution is 0.0734. The Morgan fingerprint density at radius 3 is 2.34 bits per heavy atom. The summed E-state index contributed by atoms with van der Waals surface area (Å²) in [6.07, 6.45) is 7.73. The van der Waals surface area contributed by atoms with Crippen molar-refractivity contribution in [3.05, 3.63) is 88.9 Å². The minimum absolute atomic E-state index is 0.406. The molecule has 0 spiro atoms. The van der Waals surface area contributed by atoms with E-state index in [0.717, 1.165) is 23.4 Å². The molecule has 3 aromatic carbocycles. The van der Waals surface area contributed by atoms with Gasteiger partial charge in [0.25, 0.3) is 0 Å². The van der Waals surface area contributed by atoms with E-state index in [1.54, 1.807) is 54.7 Å². The third-order valence-corrected chi connectivity index (χ3v) is 5.10. The van der Waals surface area contributed by atoms with E-state index in [-0.39, 0.29) is 0 Å². The number of hydrogen-bond donors (Lipinski definition) is 0. The van der Waals surface area contributed by atoms with Gasteiger partial charge in [0.05, 0.1) is 17.9 Å². The highest BCUT2D eigenvalue weighted by Crippen LogP contribution is 2.19. The summed E-state index contributed by atoms with van der Waals surface area (Å²) < 4.78 is 11.2. The predicted molar refractivity (Wildman–Crippen MR) is 131 cm³/mol. The zero-order valence-corrected chi connectivity index (χ0v) is 19.1. The highest BCUT2D eigenvalue weighted by atomic mass is 35.5. The normalized spacial score (nSPS) is 10.9. The third kappa shape index (κ3) is 7.86. The van der Waals surface area contributed by atoms with Crippen LogP contribution in [0.15, 0.2) is 77.8 Å². The molecular weight excluding hydrogens is 422 g/mol. The SMILES string of the molecule is CCCCCCCOc1ccc(C(=O)Oc2ccc(C=Nc3cccc(Cl)c3)cc2)cc1. The van der Waals surface area contributed by atoms with Crippen molar-refractivity contribution in [3.63, 3.8) is 0 Å². The van der Waals surface area contributed by atoms with Crippen LogP contribution in [0.4, 0.5) is 5.69 Å². The van der Waals surface area contributed by atoms with Gasteiger partial charge in [-0.15, -0.1) is 0 Å². The number of carbonyl (C=O) groups is 1. The molecule has 0 fully saturated rings. The van der Waals surface area contributed by atoms with E-state index in [9.17, 15) is 4.79 Å². The van der Waals surface area contributed by atoms with Crippen LogP contribution < -0.4 is 9.47 Å². The van der Waals surface area contributed by atoms with E-state index in [2.05, 4.69) is 11.9 Å². The first-order chi connectivity index (χ1) is 15.6. The van der Waals surface area contributed by atoms with Gasteiger partial charge < -0.3 is 9.47 Å². The summed E-state index contributed by atoms with van der Waals surface area (Å²) in [5, 5.41) is 0.643. The van der Waals surface area contributed by atoms with Gasteiger partial charge in [-0.2, -0.15) is 0 Å². The molecule has 3 rings (SSSR count). The number of unbranched alkanes of at least 4 members (excludes halogenated alkanes) is 4. The Morgan fingerprint density at radius 2 is 1.62 bits per heavy atom. The van der Waals surface area contributed by atoms with Crippen molar-refractivity contribution in [2.45, 2.75) is 39.0 Å². The lowest BCUT2D eigenvalue weighted by atomic mass is 10.2. The highest BCUT2D eigenvalue weighted by molar-refractivity contribution is 6.30. The Bertz CT molecular complexity index is 1010. The summed E-state index contributed by atoms with van der Waals surface area (Å²) in [6, 6.07) is 21.5. The molecular formula is C27H28ClNO3. The van der Waals surface area contributed by atoms with Gasteiger partial charge in [0.1, 0.15) is 11.5 Å². The second-order valence-electron chi connectivity index (χ2n) is 7.48. The molecule has 0 saturated carbocycles. The van der Waals surface area contributed by atoms with Crippen LogP contribution in [-0.2, 0) is 0 Å². The van der Waals surface area contributed by atoms with E-state index in [4.69, 9.17) is 21.1 Å². The Labute approximate surface area is 194 Å². The lowest BCUT2D eigenvalue weighted by Crippen LogP contribution is -2.08. The van der Waals surface area contributed by atoms with Crippen molar-refractivity contribution in [2.24, 2.45) is 4.99 Å². The molecule has 4 nitrogen and oxygen atoms in total. The van der Waals surface area contributed by atoms with Crippen LogP contribution in [0.3, 0.4) is 0 Å². The van der Waals surface area contributed by atoms with Crippen molar-refractivity contribution < 1.29 is 14.3 Å². The number of esters is 1. The quantitative estimate of drug-likeness (QED) is 0.131. The second kappa shape index (κ2) is 12.7. The summed E-state index contributed by atoms with van der Waals surface area (Å²) in [5.74, 6) is 0.833. The maximum atomic E-state index is 12.4. The molecule has 32 heavy (non-hydrogen) atoms. The van der Waals surface area contributed by atoms with Gasteiger partial charge in [0, 0.05) is 11.2 Å². The lowest BCUT2D eigenvalue weighted by Gasteiger charge is -2.08. The number of hydrogen-bond acceptors (Lipinski definition) is 4. The van der Waals surface area contributed by atoms with Gasteiger partial charge in [-0.25, -0.2) is 4.79 Å². The number of carbonyl (C=O) groups excluding carboxylic acids is 1. The molecule has 0 unspecified atom stereocenters. The number of ether oxygens (including phenoxy) is 2. The fourth-order valence-electron chi connectivity index (χ4n) is 3.08. The van der Waals surface area contributed by atoms with Crippen molar-refractivity contribution in [3.8, 4) is 11.5 Å². The average Bonchev–Trinajstić information content (AvgIpc) is 2.81. The standard InChI is InChI=1S/C27H28ClNO3/c1-2-3-4-5-6-18-31-25-16-12-22(13-17-25)27(30)32-26-14-10-21(11-15-26)20-29-24-9-7-8-23(28)19-24/h7-17,19-20H,2-6,18H2,1H3. The third-order valence-electron chi connectivity index (χ3n) is 4.87. The summed E-state index contributed by atoms with van der Waals surface area (Å²) >= 11 is 5.97.